The SMILES string of the molecule is CN1CCCC(NCc2ccc(Br)c(Br)c2)C1. The molecule has 1 N–H and O–H groups in total. The van der Waals surface area contributed by atoms with Gasteiger partial charge in [-0.15, -0.1) is 0 Å². The first kappa shape index (κ1) is 13.5. The van der Waals surface area contributed by atoms with Crippen molar-refractivity contribution in [2.45, 2.75) is 25.4 Å². The summed E-state index contributed by atoms with van der Waals surface area (Å²) in [5, 5.41) is 3.64. The Kier molecular flexibility index (Phi) is 5.03. The highest BCUT2D eigenvalue weighted by molar-refractivity contribution is 9.13. The van der Waals surface area contributed by atoms with Crippen molar-refractivity contribution in [2.24, 2.45) is 0 Å². The molecule has 2 rings (SSSR count). The average Bonchev–Trinajstić information content (AvgIpc) is 2.31. The van der Waals surface area contributed by atoms with E-state index in [1.807, 2.05) is 0 Å². The Morgan fingerprint density at radius 2 is 2.18 bits per heavy atom. The van der Waals surface area contributed by atoms with Crippen molar-refractivity contribution in [3.8, 4) is 0 Å². The number of nitrogens with one attached hydrogen (secondary N) is 1. The van der Waals surface area contributed by atoms with E-state index in [1.165, 1.54) is 24.9 Å². The van der Waals surface area contributed by atoms with Crippen LogP contribution in [0.4, 0.5) is 0 Å². The molecule has 17 heavy (non-hydrogen) atoms. The van der Waals surface area contributed by atoms with E-state index in [9.17, 15) is 0 Å². The molecule has 0 radical (unpaired) electrons. The van der Waals surface area contributed by atoms with E-state index in [0.29, 0.717) is 6.04 Å². The Bertz CT molecular complexity index is 382. The van der Waals surface area contributed by atoms with Crippen LogP contribution in [0, 0.1) is 0 Å². The second-order valence-corrected chi connectivity index (χ2v) is 6.44. The Balaban J connectivity index is 1.86. The van der Waals surface area contributed by atoms with Crippen LogP contribution < -0.4 is 5.32 Å². The number of hydrogen-bond acceptors (Lipinski definition) is 2. The molecule has 1 fully saturated rings. The van der Waals surface area contributed by atoms with E-state index in [4.69, 9.17) is 0 Å². The molecule has 0 aliphatic carbocycles. The van der Waals surface area contributed by atoms with Crippen molar-refractivity contribution in [3.05, 3.63) is 32.7 Å². The number of nitrogens with zero attached hydrogens (tertiary/aromatic N) is 1. The lowest BCUT2D eigenvalue weighted by molar-refractivity contribution is 0.226. The van der Waals surface area contributed by atoms with Gasteiger partial charge in [-0.3, -0.25) is 0 Å². The smallest absolute Gasteiger partial charge is 0.0320 e. The minimum Gasteiger partial charge on any atom is -0.309 e. The zero-order valence-corrected chi connectivity index (χ0v) is 13.2. The van der Waals surface area contributed by atoms with Gasteiger partial charge >= 0.3 is 0 Å². The maximum absolute atomic E-state index is 3.64. The summed E-state index contributed by atoms with van der Waals surface area (Å²) >= 11 is 7.03. The van der Waals surface area contributed by atoms with Crippen molar-refractivity contribution in [1.29, 1.82) is 0 Å². The molecule has 1 saturated heterocycles. The summed E-state index contributed by atoms with van der Waals surface area (Å²) in [5.41, 5.74) is 1.33. The van der Waals surface area contributed by atoms with Crippen LogP contribution in [0.15, 0.2) is 27.1 Å². The molecular formula is C13H18Br2N2. The Morgan fingerprint density at radius 1 is 1.35 bits per heavy atom. The van der Waals surface area contributed by atoms with Gasteiger partial charge in [-0.2, -0.15) is 0 Å². The van der Waals surface area contributed by atoms with E-state index < -0.39 is 0 Å². The standard InChI is InChI=1S/C13H18Br2N2/c1-17-6-2-3-11(9-17)16-8-10-4-5-12(14)13(15)7-10/h4-5,7,11,16H,2-3,6,8-9H2,1H3. The minimum atomic E-state index is 0.635. The third kappa shape index (κ3) is 4.05. The number of likely N-dealkylation sites (N-methyl/N-ethyl adjacent to an activating group) is 1. The molecular weight excluding hydrogens is 344 g/mol. The average molecular weight is 362 g/mol. The fraction of sp³-hybridized carbons (Fsp3) is 0.538. The van der Waals surface area contributed by atoms with Crippen molar-refractivity contribution < 1.29 is 0 Å². The van der Waals surface area contributed by atoms with E-state index in [0.717, 1.165) is 22.0 Å². The molecule has 0 amide bonds. The zero-order chi connectivity index (χ0) is 12.3. The normalized spacial score (nSPS) is 21.7. The monoisotopic (exact) mass is 360 g/mol. The summed E-state index contributed by atoms with van der Waals surface area (Å²) in [4.78, 5) is 2.40. The molecule has 0 bridgehead atoms. The summed E-state index contributed by atoms with van der Waals surface area (Å²) in [5.74, 6) is 0. The van der Waals surface area contributed by atoms with Gasteiger partial charge in [0.15, 0.2) is 0 Å². The lowest BCUT2D eigenvalue weighted by Gasteiger charge is -2.30. The number of benzene rings is 1. The molecule has 1 unspecified atom stereocenters. The second-order valence-electron chi connectivity index (χ2n) is 4.73. The second kappa shape index (κ2) is 6.32. The summed E-state index contributed by atoms with van der Waals surface area (Å²) in [6.07, 6.45) is 2.60. The summed E-state index contributed by atoms with van der Waals surface area (Å²) in [7, 11) is 2.20. The lowest BCUT2D eigenvalue weighted by Crippen LogP contribution is -2.43. The summed E-state index contributed by atoms with van der Waals surface area (Å²) in [6.45, 7) is 3.35. The molecule has 1 aromatic carbocycles. The Hall–Kier alpha value is 0.1000. The predicted molar refractivity (Wildman–Crippen MR) is 79.2 cm³/mol. The van der Waals surface area contributed by atoms with Crippen LogP contribution in [0.25, 0.3) is 0 Å². The van der Waals surface area contributed by atoms with Crippen molar-refractivity contribution in [3.63, 3.8) is 0 Å². The van der Waals surface area contributed by atoms with Gasteiger partial charge in [0.25, 0.3) is 0 Å². The van der Waals surface area contributed by atoms with Crippen LogP contribution >= 0.6 is 31.9 Å². The number of piperidine rings is 1. The van der Waals surface area contributed by atoms with Crippen LogP contribution in [0.1, 0.15) is 18.4 Å². The highest BCUT2D eigenvalue weighted by Crippen LogP contribution is 2.23. The fourth-order valence-electron chi connectivity index (χ4n) is 2.24. The van der Waals surface area contributed by atoms with Crippen LogP contribution in [-0.4, -0.2) is 31.1 Å². The molecule has 0 spiro atoms. The first-order valence-electron chi connectivity index (χ1n) is 6.01. The molecule has 2 nitrogen and oxygen atoms in total. The molecule has 1 atom stereocenters. The quantitative estimate of drug-likeness (QED) is 0.887. The number of likely N-dealkylation sites (tertiary alicyclic amines) is 1. The molecule has 94 valence electrons. The largest absolute Gasteiger partial charge is 0.309 e. The topological polar surface area (TPSA) is 15.3 Å². The van der Waals surface area contributed by atoms with Gasteiger partial charge < -0.3 is 10.2 Å². The third-order valence-electron chi connectivity index (χ3n) is 3.20. The van der Waals surface area contributed by atoms with Gasteiger partial charge in [-0.25, -0.2) is 0 Å². The first-order valence-corrected chi connectivity index (χ1v) is 7.59. The molecule has 1 aliphatic heterocycles. The van der Waals surface area contributed by atoms with Gasteiger partial charge in [-0.1, -0.05) is 6.07 Å². The maximum Gasteiger partial charge on any atom is 0.0320 e. The maximum atomic E-state index is 3.64. The lowest BCUT2D eigenvalue weighted by atomic mass is 10.1. The van der Waals surface area contributed by atoms with Gasteiger partial charge in [0, 0.05) is 28.1 Å². The van der Waals surface area contributed by atoms with Crippen LogP contribution in [0.2, 0.25) is 0 Å². The zero-order valence-electron chi connectivity index (χ0n) is 10.0. The summed E-state index contributed by atoms with van der Waals surface area (Å²) in [6, 6.07) is 7.06. The van der Waals surface area contributed by atoms with Crippen molar-refractivity contribution in [2.75, 3.05) is 20.1 Å². The molecule has 1 heterocycles. The van der Waals surface area contributed by atoms with Gasteiger partial charge in [0.2, 0.25) is 0 Å². The van der Waals surface area contributed by atoms with E-state index >= 15 is 0 Å². The van der Waals surface area contributed by atoms with E-state index in [1.54, 1.807) is 0 Å². The Morgan fingerprint density at radius 3 is 2.88 bits per heavy atom. The van der Waals surface area contributed by atoms with E-state index in [-0.39, 0.29) is 0 Å². The minimum absolute atomic E-state index is 0.635. The van der Waals surface area contributed by atoms with Gasteiger partial charge in [0.1, 0.15) is 0 Å². The van der Waals surface area contributed by atoms with Crippen LogP contribution in [0.5, 0.6) is 0 Å². The summed E-state index contributed by atoms with van der Waals surface area (Å²) < 4.78 is 2.23. The Labute approximate surface area is 120 Å². The number of hydrogen-bond donors (Lipinski definition) is 1. The highest BCUT2D eigenvalue weighted by atomic mass is 79.9. The van der Waals surface area contributed by atoms with Crippen molar-refractivity contribution in [1.82, 2.24) is 10.2 Å². The fourth-order valence-corrected chi connectivity index (χ4v) is 2.92. The number of halogens is 2. The number of rotatable bonds is 3. The molecule has 0 saturated carbocycles. The highest BCUT2D eigenvalue weighted by Gasteiger charge is 2.16. The first-order chi connectivity index (χ1) is 8.15. The third-order valence-corrected chi connectivity index (χ3v) is 5.08. The van der Waals surface area contributed by atoms with Crippen molar-refractivity contribution >= 4 is 31.9 Å². The van der Waals surface area contributed by atoms with Crippen LogP contribution in [-0.2, 0) is 6.54 Å². The molecule has 0 aromatic heterocycles. The molecule has 4 heteroatoms. The van der Waals surface area contributed by atoms with Crippen LogP contribution in [0.3, 0.4) is 0 Å². The molecule has 1 aromatic rings. The molecule has 1 aliphatic rings. The van der Waals surface area contributed by atoms with Gasteiger partial charge in [0.05, 0.1) is 0 Å². The van der Waals surface area contributed by atoms with E-state index in [2.05, 4.69) is 67.3 Å². The predicted octanol–water partition coefficient (Wildman–Crippen LogP) is 3.40. The van der Waals surface area contributed by atoms with Gasteiger partial charge in [-0.05, 0) is 76.0 Å².